The van der Waals surface area contributed by atoms with Crippen LogP contribution in [0.25, 0.3) is 0 Å². The number of carbonyl (C=O) groups excluding carboxylic acids is 2. The largest absolute Gasteiger partial charge is 0.492 e. The Hall–Kier alpha value is -4.18. The van der Waals surface area contributed by atoms with Gasteiger partial charge in [0.05, 0.1) is 17.7 Å². The molecule has 148 valence electrons. The highest BCUT2D eigenvalue weighted by Gasteiger charge is 2.25. The fourth-order valence-electron chi connectivity index (χ4n) is 3.35. The maximum atomic E-state index is 12.2. The fourth-order valence-corrected chi connectivity index (χ4v) is 3.35. The van der Waals surface area contributed by atoms with Crippen molar-refractivity contribution in [3.63, 3.8) is 0 Å². The Bertz CT molecular complexity index is 1150. The molecule has 30 heavy (non-hydrogen) atoms. The summed E-state index contributed by atoms with van der Waals surface area (Å²) in [6, 6.07) is 15.6. The van der Waals surface area contributed by atoms with E-state index in [4.69, 9.17) is 15.2 Å². The van der Waals surface area contributed by atoms with Gasteiger partial charge in [0.1, 0.15) is 23.7 Å². The van der Waals surface area contributed by atoms with E-state index in [9.17, 15) is 14.9 Å². The molecule has 0 saturated carbocycles. The number of nitrogens with zero attached hydrogens (tertiary/aromatic N) is 2. The van der Waals surface area contributed by atoms with Gasteiger partial charge in [-0.1, -0.05) is 12.1 Å². The number of ether oxygens (including phenoxy) is 2. The van der Waals surface area contributed by atoms with Crippen molar-refractivity contribution in [3.05, 3.63) is 88.7 Å². The van der Waals surface area contributed by atoms with E-state index in [-0.39, 0.29) is 24.4 Å². The van der Waals surface area contributed by atoms with Gasteiger partial charge in [0.15, 0.2) is 5.78 Å². The first-order valence-corrected chi connectivity index (χ1v) is 9.27. The van der Waals surface area contributed by atoms with Gasteiger partial charge in [0, 0.05) is 30.4 Å². The maximum absolute atomic E-state index is 12.2. The Kier molecular flexibility index (Phi) is 5.14. The number of aromatic nitrogens is 1. The minimum absolute atomic E-state index is 0.118. The quantitative estimate of drug-likeness (QED) is 0.704. The van der Waals surface area contributed by atoms with Crippen molar-refractivity contribution < 1.29 is 19.1 Å². The van der Waals surface area contributed by atoms with Gasteiger partial charge < -0.3 is 15.2 Å². The highest BCUT2D eigenvalue weighted by atomic mass is 16.5. The summed E-state index contributed by atoms with van der Waals surface area (Å²) in [5.41, 5.74) is 7.83. The number of nitriles is 1. The summed E-state index contributed by atoms with van der Waals surface area (Å²) in [6.07, 6.45) is 3.00. The Morgan fingerprint density at radius 2 is 1.83 bits per heavy atom. The lowest BCUT2D eigenvalue weighted by atomic mass is 9.98. The molecule has 0 fully saturated rings. The van der Waals surface area contributed by atoms with Crippen LogP contribution in [0.3, 0.4) is 0 Å². The summed E-state index contributed by atoms with van der Waals surface area (Å²) < 4.78 is 11.8. The predicted octanol–water partition coefficient (Wildman–Crippen LogP) is 3.19. The molecule has 2 N–H and O–H groups in total. The van der Waals surface area contributed by atoms with Gasteiger partial charge in [-0.15, -0.1) is 0 Å². The van der Waals surface area contributed by atoms with Crippen LogP contribution in [0.5, 0.6) is 11.5 Å². The molecule has 1 aliphatic heterocycles. The zero-order chi connectivity index (χ0) is 21.1. The van der Waals surface area contributed by atoms with Crippen molar-refractivity contribution in [3.8, 4) is 17.6 Å². The maximum Gasteiger partial charge on any atom is 0.248 e. The van der Waals surface area contributed by atoms with Crippen LogP contribution in [0.4, 0.5) is 0 Å². The van der Waals surface area contributed by atoms with Crippen LogP contribution < -0.4 is 15.2 Å². The van der Waals surface area contributed by atoms with Crippen LogP contribution >= 0.6 is 0 Å². The number of benzene rings is 2. The van der Waals surface area contributed by atoms with Crippen molar-refractivity contribution in [2.24, 2.45) is 5.73 Å². The molecule has 1 amide bonds. The molecular formula is C23H17N3O4. The lowest BCUT2D eigenvalue weighted by Gasteiger charge is -2.23. The van der Waals surface area contributed by atoms with E-state index in [1.165, 1.54) is 6.07 Å². The zero-order valence-corrected chi connectivity index (χ0v) is 15.9. The van der Waals surface area contributed by atoms with E-state index in [1.807, 2.05) is 12.1 Å². The number of hydrogen-bond donors (Lipinski definition) is 1. The first-order valence-electron chi connectivity index (χ1n) is 9.27. The smallest absolute Gasteiger partial charge is 0.248 e. The lowest BCUT2D eigenvalue weighted by molar-refractivity contribution is 0.0931. The number of primary amides is 1. The SMILES string of the molecule is N#Cc1cc(O[C@@H](c2ccncc2)c2ccc(C(N)=O)cc2)cc2c1C(=O)CCO2. The molecule has 4 rings (SSSR count). The van der Waals surface area contributed by atoms with Crippen molar-refractivity contribution in [2.75, 3.05) is 6.61 Å². The lowest BCUT2D eigenvalue weighted by Crippen LogP contribution is -2.17. The number of carbonyl (C=O) groups is 2. The highest BCUT2D eigenvalue weighted by Crippen LogP contribution is 2.36. The number of pyridine rings is 1. The van der Waals surface area contributed by atoms with Gasteiger partial charge in [-0.05, 0) is 41.5 Å². The average molecular weight is 399 g/mol. The molecule has 0 aliphatic carbocycles. The highest BCUT2D eigenvalue weighted by molar-refractivity contribution is 6.02. The number of fused-ring (bicyclic) bond motifs is 1. The number of Topliss-reactive ketones (excluding diaryl/α,β-unsaturated/α-hetero) is 1. The van der Waals surface area contributed by atoms with Gasteiger partial charge >= 0.3 is 0 Å². The molecular weight excluding hydrogens is 382 g/mol. The van der Waals surface area contributed by atoms with Crippen molar-refractivity contribution in [1.82, 2.24) is 4.98 Å². The fraction of sp³-hybridized carbons (Fsp3) is 0.130. The standard InChI is InChI=1S/C23H17N3O4/c24-13-17-11-18(12-20-21(17)19(27)7-10-29-20)30-22(15-5-8-26-9-6-15)14-1-3-16(4-2-14)23(25)28/h1-6,8-9,11-12,22H,7,10H2,(H2,25,28)/t22-/m1/s1. The van der Waals surface area contributed by atoms with Gasteiger partial charge in [-0.25, -0.2) is 0 Å². The molecule has 0 bridgehead atoms. The van der Waals surface area contributed by atoms with Crippen LogP contribution in [0.2, 0.25) is 0 Å². The minimum atomic E-state index is -0.543. The minimum Gasteiger partial charge on any atom is -0.492 e. The molecule has 7 heteroatoms. The molecule has 0 radical (unpaired) electrons. The van der Waals surface area contributed by atoms with E-state index in [0.29, 0.717) is 22.6 Å². The van der Waals surface area contributed by atoms with Crippen LogP contribution in [0.15, 0.2) is 60.9 Å². The second-order valence-electron chi connectivity index (χ2n) is 6.74. The molecule has 3 aromatic rings. The third-order valence-electron chi connectivity index (χ3n) is 4.82. The third kappa shape index (κ3) is 3.71. The summed E-state index contributed by atoms with van der Waals surface area (Å²) in [4.78, 5) is 27.6. The second kappa shape index (κ2) is 8.05. The summed E-state index contributed by atoms with van der Waals surface area (Å²) in [7, 11) is 0. The molecule has 2 aromatic carbocycles. The molecule has 1 aromatic heterocycles. The summed E-state index contributed by atoms with van der Waals surface area (Å²) >= 11 is 0. The summed E-state index contributed by atoms with van der Waals surface area (Å²) in [5.74, 6) is 0.101. The Balaban J connectivity index is 1.75. The summed E-state index contributed by atoms with van der Waals surface area (Å²) in [6.45, 7) is 0.266. The van der Waals surface area contributed by atoms with Gasteiger partial charge in [0.2, 0.25) is 5.91 Å². The van der Waals surface area contributed by atoms with Crippen molar-refractivity contribution in [2.45, 2.75) is 12.5 Å². The predicted molar refractivity (Wildman–Crippen MR) is 107 cm³/mol. The van der Waals surface area contributed by atoms with E-state index in [2.05, 4.69) is 11.1 Å². The van der Waals surface area contributed by atoms with E-state index >= 15 is 0 Å². The first-order chi connectivity index (χ1) is 14.6. The molecule has 7 nitrogen and oxygen atoms in total. The van der Waals surface area contributed by atoms with Gasteiger partial charge in [0.25, 0.3) is 0 Å². The molecule has 0 spiro atoms. The second-order valence-corrected chi connectivity index (χ2v) is 6.74. The number of hydrogen-bond acceptors (Lipinski definition) is 6. The zero-order valence-electron chi connectivity index (χ0n) is 15.9. The van der Waals surface area contributed by atoms with E-state index in [1.54, 1.807) is 42.7 Å². The normalized spacial score (nSPS) is 13.5. The molecule has 1 atom stereocenters. The Labute approximate surface area is 172 Å². The van der Waals surface area contributed by atoms with Crippen molar-refractivity contribution >= 4 is 11.7 Å². The third-order valence-corrected chi connectivity index (χ3v) is 4.82. The Morgan fingerprint density at radius 1 is 1.13 bits per heavy atom. The number of nitrogens with two attached hydrogens (primary N) is 1. The molecule has 1 aliphatic rings. The van der Waals surface area contributed by atoms with Crippen LogP contribution in [-0.2, 0) is 0 Å². The van der Waals surface area contributed by atoms with Gasteiger partial charge in [-0.3, -0.25) is 14.6 Å². The van der Waals surface area contributed by atoms with E-state index < -0.39 is 12.0 Å². The molecule has 0 unspecified atom stereocenters. The van der Waals surface area contributed by atoms with Crippen molar-refractivity contribution in [1.29, 1.82) is 5.26 Å². The first kappa shape index (κ1) is 19.2. The summed E-state index contributed by atoms with van der Waals surface area (Å²) in [5, 5.41) is 9.52. The Morgan fingerprint density at radius 3 is 2.50 bits per heavy atom. The van der Waals surface area contributed by atoms with Crippen LogP contribution in [0, 0.1) is 11.3 Å². The van der Waals surface area contributed by atoms with E-state index in [0.717, 1.165) is 11.1 Å². The van der Waals surface area contributed by atoms with Crippen LogP contribution in [0.1, 0.15) is 49.9 Å². The number of rotatable bonds is 5. The average Bonchev–Trinajstić information content (AvgIpc) is 2.77. The van der Waals surface area contributed by atoms with Crippen LogP contribution in [-0.4, -0.2) is 23.3 Å². The molecule has 0 saturated heterocycles. The monoisotopic (exact) mass is 399 g/mol. The number of amides is 1. The van der Waals surface area contributed by atoms with Gasteiger partial charge in [-0.2, -0.15) is 5.26 Å². The topological polar surface area (TPSA) is 115 Å². The molecule has 2 heterocycles. The number of ketones is 1.